The van der Waals surface area contributed by atoms with Gasteiger partial charge >= 0.3 is 0 Å². The fourth-order valence-corrected chi connectivity index (χ4v) is 1.65. The van der Waals surface area contributed by atoms with Crippen LogP contribution in [0.3, 0.4) is 0 Å². The summed E-state index contributed by atoms with van der Waals surface area (Å²) in [4.78, 5) is 0. The van der Waals surface area contributed by atoms with E-state index in [1.165, 1.54) is 5.69 Å². The van der Waals surface area contributed by atoms with Gasteiger partial charge in [0.25, 0.3) is 0 Å². The standard InChI is InChI=1S/C8H13BrN2O/c1-11-8(4-3-5-12-2)7(9)6-10-11/h6H,3-5H2,1-2H3. The second-order valence-electron chi connectivity index (χ2n) is 2.66. The first-order valence-electron chi connectivity index (χ1n) is 3.91. The zero-order valence-corrected chi connectivity index (χ0v) is 8.97. The first-order chi connectivity index (χ1) is 5.75. The fraction of sp³-hybridized carbons (Fsp3) is 0.625. The summed E-state index contributed by atoms with van der Waals surface area (Å²) in [5.74, 6) is 0. The monoisotopic (exact) mass is 232 g/mol. The Bertz CT molecular complexity index is 228. The fourth-order valence-electron chi connectivity index (χ4n) is 1.10. The van der Waals surface area contributed by atoms with E-state index in [1.54, 1.807) is 7.11 Å². The number of ether oxygens (including phenoxy) is 1. The van der Waals surface area contributed by atoms with Crippen LogP contribution in [-0.2, 0) is 18.2 Å². The molecule has 1 aromatic heterocycles. The van der Waals surface area contributed by atoms with Crippen molar-refractivity contribution in [3.8, 4) is 0 Å². The van der Waals surface area contributed by atoms with E-state index in [1.807, 2.05) is 17.9 Å². The molecule has 0 aliphatic rings. The Hall–Kier alpha value is -0.350. The highest BCUT2D eigenvalue weighted by atomic mass is 79.9. The maximum atomic E-state index is 4.97. The molecule has 0 radical (unpaired) electrons. The summed E-state index contributed by atoms with van der Waals surface area (Å²) in [6.07, 6.45) is 3.86. The van der Waals surface area contributed by atoms with Gasteiger partial charge in [-0.15, -0.1) is 0 Å². The minimum absolute atomic E-state index is 0.803. The largest absolute Gasteiger partial charge is 0.385 e. The lowest BCUT2D eigenvalue weighted by Gasteiger charge is -2.01. The highest BCUT2D eigenvalue weighted by molar-refractivity contribution is 9.10. The van der Waals surface area contributed by atoms with Gasteiger partial charge in [-0.1, -0.05) is 0 Å². The predicted molar refractivity (Wildman–Crippen MR) is 51.1 cm³/mol. The highest BCUT2D eigenvalue weighted by Gasteiger charge is 2.04. The van der Waals surface area contributed by atoms with Crippen molar-refractivity contribution < 1.29 is 4.74 Å². The molecule has 0 bridgehead atoms. The first kappa shape index (κ1) is 9.74. The Morgan fingerprint density at radius 3 is 2.92 bits per heavy atom. The van der Waals surface area contributed by atoms with Crippen molar-refractivity contribution in [1.29, 1.82) is 0 Å². The molecule has 0 aromatic carbocycles. The molecular weight excluding hydrogens is 220 g/mol. The summed E-state index contributed by atoms with van der Waals surface area (Å²) in [6, 6.07) is 0. The molecule has 1 heterocycles. The van der Waals surface area contributed by atoms with E-state index in [0.29, 0.717) is 0 Å². The summed E-state index contributed by atoms with van der Waals surface area (Å²) in [5, 5.41) is 4.12. The predicted octanol–water partition coefficient (Wildman–Crippen LogP) is 1.76. The average Bonchev–Trinajstić information content (AvgIpc) is 2.35. The van der Waals surface area contributed by atoms with E-state index in [2.05, 4.69) is 21.0 Å². The number of methoxy groups -OCH3 is 1. The normalized spacial score (nSPS) is 10.6. The highest BCUT2D eigenvalue weighted by Crippen LogP contribution is 2.16. The molecule has 0 fully saturated rings. The van der Waals surface area contributed by atoms with E-state index >= 15 is 0 Å². The van der Waals surface area contributed by atoms with E-state index in [9.17, 15) is 0 Å². The Balaban J connectivity index is 2.50. The maximum absolute atomic E-state index is 4.97. The third-order valence-electron chi connectivity index (χ3n) is 1.77. The lowest BCUT2D eigenvalue weighted by atomic mass is 10.2. The van der Waals surface area contributed by atoms with Crippen LogP contribution in [-0.4, -0.2) is 23.5 Å². The van der Waals surface area contributed by atoms with Crippen LogP contribution in [0.4, 0.5) is 0 Å². The van der Waals surface area contributed by atoms with E-state index in [0.717, 1.165) is 23.9 Å². The molecule has 0 spiro atoms. The van der Waals surface area contributed by atoms with Crippen LogP contribution >= 0.6 is 15.9 Å². The van der Waals surface area contributed by atoms with Crippen molar-refractivity contribution in [2.24, 2.45) is 7.05 Å². The third kappa shape index (κ3) is 2.32. The molecule has 0 saturated carbocycles. The Morgan fingerprint density at radius 2 is 2.42 bits per heavy atom. The van der Waals surface area contributed by atoms with E-state index in [-0.39, 0.29) is 0 Å². The van der Waals surface area contributed by atoms with Crippen molar-refractivity contribution >= 4 is 15.9 Å². The molecule has 0 amide bonds. The van der Waals surface area contributed by atoms with Crippen LogP contribution in [0.2, 0.25) is 0 Å². The zero-order valence-electron chi connectivity index (χ0n) is 7.38. The molecular formula is C8H13BrN2O. The second kappa shape index (κ2) is 4.62. The Kier molecular flexibility index (Phi) is 3.75. The summed E-state index contributed by atoms with van der Waals surface area (Å²) in [7, 11) is 3.67. The van der Waals surface area contributed by atoms with Crippen LogP contribution in [0.25, 0.3) is 0 Å². The number of aryl methyl sites for hydroxylation is 1. The van der Waals surface area contributed by atoms with Gasteiger partial charge in [-0.05, 0) is 28.8 Å². The Morgan fingerprint density at radius 1 is 1.67 bits per heavy atom. The molecule has 0 saturated heterocycles. The zero-order chi connectivity index (χ0) is 8.97. The van der Waals surface area contributed by atoms with Gasteiger partial charge in [-0.25, -0.2) is 0 Å². The molecule has 1 rings (SSSR count). The number of rotatable bonds is 4. The third-order valence-corrected chi connectivity index (χ3v) is 2.44. The van der Waals surface area contributed by atoms with Crippen LogP contribution in [0.15, 0.2) is 10.7 Å². The van der Waals surface area contributed by atoms with Crippen molar-refractivity contribution in [2.45, 2.75) is 12.8 Å². The van der Waals surface area contributed by atoms with Gasteiger partial charge in [-0.2, -0.15) is 5.10 Å². The SMILES string of the molecule is COCCCc1c(Br)cnn1C. The molecule has 12 heavy (non-hydrogen) atoms. The van der Waals surface area contributed by atoms with E-state index < -0.39 is 0 Å². The smallest absolute Gasteiger partial charge is 0.0635 e. The minimum Gasteiger partial charge on any atom is -0.385 e. The second-order valence-corrected chi connectivity index (χ2v) is 3.51. The van der Waals surface area contributed by atoms with Crippen LogP contribution in [0, 0.1) is 0 Å². The molecule has 0 aliphatic carbocycles. The first-order valence-corrected chi connectivity index (χ1v) is 4.70. The van der Waals surface area contributed by atoms with Crippen molar-refractivity contribution in [3.05, 3.63) is 16.4 Å². The van der Waals surface area contributed by atoms with Crippen LogP contribution in [0.5, 0.6) is 0 Å². The van der Waals surface area contributed by atoms with Gasteiger partial charge in [0.15, 0.2) is 0 Å². The van der Waals surface area contributed by atoms with Crippen LogP contribution in [0.1, 0.15) is 12.1 Å². The summed E-state index contributed by atoms with van der Waals surface area (Å²) in [6.45, 7) is 0.803. The molecule has 0 atom stereocenters. The van der Waals surface area contributed by atoms with Crippen LogP contribution < -0.4 is 0 Å². The quantitative estimate of drug-likeness (QED) is 0.741. The molecule has 68 valence electrons. The molecule has 0 unspecified atom stereocenters. The average molecular weight is 233 g/mol. The van der Waals surface area contributed by atoms with Crippen molar-refractivity contribution in [2.75, 3.05) is 13.7 Å². The van der Waals surface area contributed by atoms with Gasteiger partial charge in [0.1, 0.15) is 0 Å². The molecule has 0 aliphatic heterocycles. The lowest BCUT2D eigenvalue weighted by Crippen LogP contribution is -2.00. The Labute approximate surface area is 80.8 Å². The van der Waals surface area contributed by atoms with Gasteiger partial charge < -0.3 is 4.74 Å². The maximum Gasteiger partial charge on any atom is 0.0635 e. The van der Waals surface area contributed by atoms with Crippen molar-refractivity contribution in [3.63, 3.8) is 0 Å². The van der Waals surface area contributed by atoms with Gasteiger partial charge in [0.2, 0.25) is 0 Å². The summed E-state index contributed by atoms with van der Waals surface area (Å²) < 4.78 is 7.95. The van der Waals surface area contributed by atoms with Gasteiger partial charge in [0, 0.05) is 20.8 Å². The number of hydrogen-bond donors (Lipinski definition) is 0. The lowest BCUT2D eigenvalue weighted by molar-refractivity contribution is 0.194. The van der Waals surface area contributed by atoms with E-state index in [4.69, 9.17) is 4.74 Å². The van der Waals surface area contributed by atoms with Crippen molar-refractivity contribution in [1.82, 2.24) is 9.78 Å². The molecule has 3 nitrogen and oxygen atoms in total. The van der Waals surface area contributed by atoms with Gasteiger partial charge in [-0.3, -0.25) is 4.68 Å². The summed E-state index contributed by atoms with van der Waals surface area (Å²) >= 11 is 3.45. The van der Waals surface area contributed by atoms with Gasteiger partial charge in [0.05, 0.1) is 16.4 Å². The number of hydrogen-bond acceptors (Lipinski definition) is 2. The number of aromatic nitrogens is 2. The summed E-state index contributed by atoms with van der Waals surface area (Å²) in [5.41, 5.74) is 1.23. The molecule has 4 heteroatoms. The minimum atomic E-state index is 0.803. The number of nitrogens with zero attached hydrogens (tertiary/aromatic N) is 2. The topological polar surface area (TPSA) is 27.1 Å². The molecule has 1 aromatic rings. The molecule has 0 N–H and O–H groups in total. The number of halogens is 1.